The molecular weight excluding hydrogens is 322 g/mol. The number of anilines is 1. The fourth-order valence-electron chi connectivity index (χ4n) is 2.65. The van der Waals surface area contributed by atoms with Gasteiger partial charge in [0.05, 0.1) is 9.82 Å². The molecule has 8 nitrogen and oxygen atoms in total. The van der Waals surface area contributed by atoms with Crippen LogP contribution >= 0.6 is 0 Å². The van der Waals surface area contributed by atoms with Gasteiger partial charge in [-0.05, 0) is 18.6 Å². The maximum atomic E-state index is 11.6. The van der Waals surface area contributed by atoms with Crippen LogP contribution in [0.25, 0.3) is 0 Å². The molecule has 1 N–H and O–H groups in total. The zero-order chi connectivity index (χ0) is 17.0. The van der Waals surface area contributed by atoms with Crippen LogP contribution < -0.4 is 4.90 Å². The van der Waals surface area contributed by atoms with Crippen molar-refractivity contribution < 1.29 is 18.4 Å². The van der Waals surface area contributed by atoms with Crippen LogP contribution in [0.4, 0.5) is 11.4 Å². The van der Waals surface area contributed by atoms with Gasteiger partial charge in [0, 0.05) is 51.7 Å². The molecule has 0 aromatic heterocycles. The molecule has 2 rings (SSSR count). The summed E-state index contributed by atoms with van der Waals surface area (Å²) in [7, 11) is -3.48. The minimum Gasteiger partial charge on any atom is -0.396 e. The number of nitro benzene ring substituents is 1. The number of nitrogens with zero attached hydrogens (tertiary/aromatic N) is 3. The molecule has 1 saturated heterocycles. The average molecular weight is 343 g/mol. The van der Waals surface area contributed by atoms with Crippen LogP contribution in [0.2, 0.25) is 0 Å². The number of benzene rings is 1. The van der Waals surface area contributed by atoms with Gasteiger partial charge in [-0.15, -0.1) is 0 Å². The number of hydrogen-bond donors (Lipinski definition) is 1. The predicted molar refractivity (Wildman–Crippen MR) is 86.6 cm³/mol. The van der Waals surface area contributed by atoms with Crippen molar-refractivity contribution in [2.24, 2.45) is 0 Å². The third-order valence-corrected chi connectivity index (χ3v) is 5.03. The third kappa shape index (κ3) is 4.40. The predicted octanol–water partition coefficient (Wildman–Crippen LogP) is 0.503. The lowest BCUT2D eigenvalue weighted by molar-refractivity contribution is -0.384. The Morgan fingerprint density at radius 3 is 2.43 bits per heavy atom. The molecule has 23 heavy (non-hydrogen) atoms. The lowest BCUT2D eigenvalue weighted by Gasteiger charge is -2.35. The molecule has 1 aromatic carbocycles. The van der Waals surface area contributed by atoms with E-state index in [0.717, 1.165) is 32.0 Å². The van der Waals surface area contributed by atoms with Crippen LogP contribution in [0.1, 0.15) is 6.42 Å². The highest BCUT2D eigenvalue weighted by Gasteiger charge is 2.25. The molecule has 128 valence electrons. The molecule has 0 radical (unpaired) electrons. The van der Waals surface area contributed by atoms with E-state index < -0.39 is 14.8 Å². The standard InChI is InChI=1S/C14H21N3O5S/c1-23(21,22)12-3-4-13(14(11-12)17(19)20)16-8-6-15(7-9-16)5-2-10-18/h3-4,11,18H,2,5-10H2,1H3. The van der Waals surface area contributed by atoms with E-state index in [9.17, 15) is 18.5 Å². The molecule has 9 heteroatoms. The number of piperazine rings is 1. The van der Waals surface area contributed by atoms with E-state index in [-0.39, 0.29) is 17.2 Å². The highest BCUT2D eigenvalue weighted by atomic mass is 32.2. The van der Waals surface area contributed by atoms with Crippen molar-refractivity contribution >= 4 is 21.2 Å². The number of aliphatic hydroxyl groups excluding tert-OH is 1. The number of sulfone groups is 1. The van der Waals surface area contributed by atoms with Crippen LogP contribution in [-0.2, 0) is 9.84 Å². The average Bonchev–Trinajstić information content (AvgIpc) is 2.52. The maximum Gasteiger partial charge on any atom is 0.293 e. The Bertz CT molecular complexity index is 669. The topological polar surface area (TPSA) is 104 Å². The fourth-order valence-corrected chi connectivity index (χ4v) is 3.30. The van der Waals surface area contributed by atoms with Gasteiger partial charge in [0.1, 0.15) is 5.69 Å². The van der Waals surface area contributed by atoms with Crippen molar-refractivity contribution in [3.63, 3.8) is 0 Å². The maximum absolute atomic E-state index is 11.6. The van der Waals surface area contributed by atoms with E-state index in [1.165, 1.54) is 12.1 Å². The summed E-state index contributed by atoms with van der Waals surface area (Å²) in [6.07, 6.45) is 1.74. The van der Waals surface area contributed by atoms with E-state index in [2.05, 4.69) is 4.90 Å². The first kappa shape index (κ1) is 17.6. The first-order valence-corrected chi connectivity index (χ1v) is 9.28. The van der Waals surface area contributed by atoms with Crippen LogP contribution in [-0.4, -0.2) is 68.9 Å². The van der Waals surface area contributed by atoms with Gasteiger partial charge < -0.3 is 10.0 Å². The van der Waals surface area contributed by atoms with Gasteiger partial charge in [-0.1, -0.05) is 0 Å². The lowest BCUT2D eigenvalue weighted by atomic mass is 10.2. The van der Waals surface area contributed by atoms with E-state index in [1.54, 1.807) is 0 Å². The largest absolute Gasteiger partial charge is 0.396 e. The monoisotopic (exact) mass is 343 g/mol. The van der Waals surface area contributed by atoms with Crippen molar-refractivity contribution in [1.29, 1.82) is 0 Å². The fraction of sp³-hybridized carbons (Fsp3) is 0.571. The second-order valence-electron chi connectivity index (χ2n) is 5.59. The Hall–Kier alpha value is -1.71. The zero-order valence-corrected chi connectivity index (χ0v) is 13.8. The summed E-state index contributed by atoms with van der Waals surface area (Å²) in [6, 6.07) is 4.05. The van der Waals surface area contributed by atoms with Crippen LogP contribution in [0, 0.1) is 10.1 Å². The molecule has 0 spiro atoms. The zero-order valence-electron chi connectivity index (χ0n) is 13.0. The summed E-state index contributed by atoms with van der Waals surface area (Å²) in [5.41, 5.74) is 0.265. The van der Waals surface area contributed by atoms with E-state index in [1.807, 2.05) is 4.90 Å². The van der Waals surface area contributed by atoms with Gasteiger partial charge in [-0.3, -0.25) is 15.0 Å². The number of aliphatic hydroxyl groups is 1. The molecule has 1 fully saturated rings. The van der Waals surface area contributed by atoms with Gasteiger partial charge >= 0.3 is 0 Å². The molecule has 0 bridgehead atoms. The van der Waals surface area contributed by atoms with Crippen LogP contribution in [0.5, 0.6) is 0 Å². The molecule has 1 aliphatic rings. The summed E-state index contributed by atoms with van der Waals surface area (Å²) in [4.78, 5) is 14.8. The second kappa shape index (κ2) is 7.24. The van der Waals surface area contributed by atoms with Crippen molar-refractivity contribution in [2.75, 3.05) is 50.5 Å². The van der Waals surface area contributed by atoms with Gasteiger partial charge in [0.25, 0.3) is 5.69 Å². The minimum atomic E-state index is -3.48. The van der Waals surface area contributed by atoms with E-state index in [4.69, 9.17) is 5.11 Å². The normalized spacial score (nSPS) is 16.5. The van der Waals surface area contributed by atoms with Crippen LogP contribution in [0.3, 0.4) is 0 Å². The summed E-state index contributed by atoms with van der Waals surface area (Å²) >= 11 is 0. The number of nitro groups is 1. The number of rotatable bonds is 6. The van der Waals surface area contributed by atoms with Gasteiger partial charge in [-0.2, -0.15) is 0 Å². The van der Waals surface area contributed by atoms with Crippen molar-refractivity contribution in [1.82, 2.24) is 4.90 Å². The van der Waals surface area contributed by atoms with Gasteiger partial charge in [0.15, 0.2) is 9.84 Å². The van der Waals surface area contributed by atoms with Gasteiger partial charge in [0.2, 0.25) is 0 Å². The smallest absolute Gasteiger partial charge is 0.293 e. The molecule has 0 saturated carbocycles. The summed E-state index contributed by atoms with van der Waals surface area (Å²) in [5.74, 6) is 0. The van der Waals surface area contributed by atoms with E-state index in [0.29, 0.717) is 25.2 Å². The summed E-state index contributed by atoms with van der Waals surface area (Å²) in [6.45, 7) is 3.73. The Morgan fingerprint density at radius 2 is 1.91 bits per heavy atom. The highest BCUT2D eigenvalue weighted by Crippen LogP contribution is 2.31. The SMILES string of the molecule is CS(=O)(=O)c1ccc(N2CCN(CCCO)CC2)c([N+](=O)[O-])c1. The van der Waals surface area contributed by atoms with Crippen LogP contribution in [0.15, 0.2) is 23.1 Å². The van der Waals surface area contributed by atoms with Crippen molar-refractivity contribution in [2.45, 2.75) is 11.3 Å². The minimum absolute atomic E-state index is 0.0467. The van der Waals surface area contributed by atoms with Crippen molar-refractivity contribution in [3.05, 3.63) is 28.3 Å². The first-order chi connectivity index (χ1) is 10.8. The van der Waals surface area contributed by atoms with E-state index >= 15 is 0 Å². The Kier molecular flexibility index (Phi) is 5.55. The van der Waals surface area contributed by atoms with Gasteiger partial charge in [-0.25, -0.2) is 8.42 Å². The Labute approximate surface area is 135 Å². The molecule has 1 aliphatic heterocycles. The second-order valence-corrected chi connectivity index (χ2v) is 7.60. The molecule has 0 unspecified atom stereocenters. The lowest BCUT2D eigenvalue weighted by Crippen LogP contribution is -2.46. The summed E-state index contributed by atoms with van der Waals surface area (Å²) in [5, 5.41) is 20.2. The third-order valence-electron chi connectivity index (χ3n) is 3.92. The van der Waals surface area contributed by atoms with Crippen molar-refractivity contribution in [3.8, 4) is 0 Å². The molecule has 0 atom stereocenters. The quantitative estimate of drug-likeness (QED) is 0.592. The molecule has 1 aromatic rings. The molecule has 0 amide bonds. The molecular formula is C14H21N3O5S. The Balaban J connectivity index is 2.19. The summed E-state index contributed by atoms with van der Waals surface area (Å²) < 4.78 is 23.2. The number of hydrogen-bond acceptors (Lipinski definition) is 7. The Morgan fingerprint density at radius 1 is 1.26 bits per heavy atom. The first-order valence-electron chi connectivity index (χ1n) is 7.39. The molecule has 1 heterocycles. The molecule has 0 aliphatic carbocycles. The highest BCUT2D eigenvalue weighted by molar-refractivity contribution is 7.90.